The molecule has 0 spiro atoms. The Balaban J connectivity index is 2.12. The highest BCUT2D eigenvalue weighted by molar-refractivity contribution is 5.98. The zero-order chi connectivity index (χ0) is 14.5. The highest BCUT2D eigenvalue weighted by atomic mass is 16.2. The van der Waals surface area contributed by atoms with Gasteiger partial charge in [0.15, 0.2) is 0 Å². The number of carbonyl (C=O) groups is 1. The standard InChI is InChI=1S/C15H24N4O/c1-4-7-16-14-13(6-5-8-17-14)15(20)19-10-9-18(3)12(2)11-19/h5-6,8,12H,4,7,9-11H2,1-3H3,(H,16,17). The molecular formula is C15H24N4O. The monoisotopic (exact) mass is 276 g/mol. The van der Waals surface area contributed by atoms with E-state index in [1.807, 2.05) is 17.0 Å². The third-order valence-electron chi connectivity index (χ3n) is 3.83. The van der Waals surface area contributed by atoms with Crippen molar-refractivity contribution in [2.45, 2.75) is 26.3 Å². The van der Waals surface area contributed by atoms with Crippen LogP contribution in [-0.4, -0.2) is 60.0 Å². The molecule has 2 rings (SSSR count). The largest absolute Gasteiger partial charge is 0.369 e. The van der Waals surface area contributed by atoms with Gasteiger partial charge in [0.25, 0.3) is 5.91 Å². The van der Waals surface area contributed by atoms with E-state index in [0.717, 1.165) is 32.6 Å². The minimum absolute atomic E-state index is 0.0802. The average molecular weight is 276 g/mol. The Bertz CT molecular complexity index is 463. The molecule has 0 aliphatic carbocycles. The van der Waals surface area contributed by atoms with Gasteiger partial charge in [0.05, 0.1) is 5.56 Å². The Kier molecular flexibility index (Phi) is 4.95. The number of pyridine rings is 1. The molecule has 0 radical (unpaired) electrons. The van der Waals surface area contributed by atoms with Gasteiger partial charge >= 0.3 is 0 Å². The fourth-order valence-corrected chi connectivity index (χ4v) is 2.37. The van der Waals surface area contributed by atoms with Gasteiger partial charge in [0, 0.05) is 38.4 Å². The summed E-state index contributed by atoms with van der Waals surface area (Å²) in [5, 5.41) is 3.23. The van der Waals surface area contributed by atoms with E-state index in [9.17, 15) is 4.79 Å². The molecule has 1 atom stereocenters. The first-order valence-corrected chi connectivity index (χ1v) is 7.32. The van der Waals surface area contributed by atoms with Crippen LogP contribution in [0.1, 0.15) is 30.6 Å². The Labute approximate surface area is 121 Å². The molecule has 1 aliphatic heterocycles. The van der Waals surface area contributed by atoms with Crippen LogP contribution in [0, 0.1) is 0 Å². The van der Waals surface area contributed by atoms with Gasteiger partial charge in [-0.1, -0.05) is 6.92 Å². The summed E-state index contributed by atoms with van der Waals surface area (Å²) in [6.07, 6.45) is 2.73. The van der Waals surface area contributed by atoms with Gasteiger partial charge in [0.2, 0.25) is 0 Å². The summed E-state index contributed by atoms with van der Waals surface area (Å²) in [4.78, 5) is 21.2. The van der Waals surface area contributed by atoms with Crippen molar-refractivity contribution in [3.63, 3.8) is 0 Å². The maximum atomic E-state index is 12.7. The van der Waals surface area contributed by atoms with Gasteiger partial charge in [-0.15, -0.1) is 0 Å². The molecule has 1 aromatic rings. The van der Waals surface area contributed by atoms with Gasteiger partial charge in [-0.2, -0.15) is 0 Å². The lowest BCUT2D eigenvalue weighted by Crippen LogP contribution is -2.52. The zero-order valence-corrected chi connectivity index (χ0v) is 12.6. The Morgan fingerprint density at radius 2 is 2.30 bits per heavy atom. The molecule has 1 amide bonds. The summed E-state index contributed by atoms with van der Waals surface area (Å²) < 4.78 is 0. The number of nitrogens with zero attached hydrogens (tertiary/aromatic N) is 3. The molecule has 0 aromatic carbocycles. The number of hydrogen-bond donors (Lipinski definition) is 1. The number of amides is 1. The molecule has 1 aliphatic rings. The number of rotatable bonds is 4. The highest BCUT2D eigenvalue weighted by Crippen LogP contribution is 2.17. The van der Waals surface area contributed by atoms with Crippen molar-refractivity contribution in [3.8, 4) is 0 Å². The smallest absolute Gasteiger partial charge is 0.257 e. The summed E-state index contributed by atoms with van der Waals surface area (Å²) in [6, 6.07) is 4.08. The van der Waals surface area contributed by atoms with E-state index in [1.54, 1.807) is 6.20 Å². The van der Waals surface area contributed by atoms with Gasteiger partial charge in [-0.3, -0.25) is 4.79 Å². The molecule has 1 fully saturated rings. The van der Waals surface area contributed by atoms with E-state index in [1.165, 1.54) is 0 Å². The van der Waals surface area contributed by atoms with Crippen molar-refractivity contribution in [2.75, 3.05) is 38.5 Å². The Morgan fingerprint density at radius 1 is 1.50 bits per heavy atom. The minimum atomic E-state index is 0.0802. The minimum Gasteiger partial charge on any atom is -0.369 e. The van der Waals surface area contributed by atoms with E-state index in [-0.39, 0.29) is 5.91 Å². The number of anilines is 1. The van der Waals surface area contributed by atoms with Crippen LogP contribution in [0.3, 0.4) is 0 Å². The molecule has 2 heterocycles. The first kappa shape index (κ1) is 14.8. The SMILES string of the molecule is CCCNc1ncccc1C(=O)N1CCN(C)C(C)C1. The van der Waals surface area contributed by atoms with Gasteiger partial charge in [-0.25, -0.2) is 4.98 Å². The van der Waals surface area contributed by atoms with E-state index in [0.29, 0.717) is 17.4 Å². The molecule has 0 bridgehead atoms. The Morgan fingerprint density at radius 3 is 3.00 bits per heavy atom. The molecule has 110 valence electrons. The number of likely N-dealkylation sites (N-methyl/N-ethyl adjacent to an activating group) is 1. The predicted octanol–water partition coefficient (Wildman–Crippen LogP) is 1.68. The number of carbonyl (C=O) groups excluding carboxylic acids is 1. The van der Waals surface area contributed by atoms with Crippen molar-refractivity contribution in [1.29, 1.82) is 0 Å². The second-order valence-corrected chi connectivity index (χ2v) is 5.41. The highest BCUT2D eigenvalue weighted by Gasteiger charge is 2.26. The first-order chi connectivity index (χ1) is 9.63. The molecule has 5 nitrogen and oxygen atoms in total. The quantitative estimate of drug-likeness (QED) is 0.909. The third kappa shape index (κ3) is 3.28. The van der Waals surface area contributed by atoms with Crippen molar-refractivity contribution in [2.24, 2.45) is 0 Å². The molecule has 1 unspecified atom stereocenters. The van der Waals surface area contributed by atoms with Crippen LogP contribution in [0.15, 0.2) is 18.3 Å². The van der Waals surface area contributed by atoms with Gasteiger partial charge < -0.3 is 15.1 Å². The summed E-state index contributed by atoms with van der Waals surface area (Å²) >= 11 is 0. The lowest BCUT2D eigenvalue weighted by atomic mass is 10.1. The molecule has 5 heteroatoms. The average Bonchev–Trinajstić information content (AvgIpc) is 2.47. The molecule has 1 saturated heterocycles. The second-order valence-electron chi connectivity index (χ2n) is 5.41. The third-order valence-corrected chi connectivity index (χ3v) is 3.83. The molecule has 20 heavy (non-hydrogen) atoms. The molecule has 0 saturated carbocycles. The van der Waals surface area contributed by atoms with E-state index >= 15 is 0 Å². The lowest BCUT2D eigenvalue weighted by Gasteiger charge is -2.37. The first-order valence-electron chi connectivity index (χ1n) is 7.32. The topological polar surface area (TPSA) is 48.5 Å². The molecule has 1 aromatic heterocycles. The fourth-order valence-electron chi connectivity index (χ4n) is 2.37. The van der Waals surface area contributed by atoms with Crippen molar-refractivity contribution in [3.05, 3.63) is 23.9 Å². The van der Waals surface area contributed by atoms with Crippen molar-refractivity contribution < 1.29 is 4.79 Å². The van der Waals surface area contributed by atoms with E-state index in [2.05, 4.69) is 36.1 Å². The van der Waals surface area contributed by atoms with Crippen LogP contribution in [0.5, 0.6) is 0 Å². The summed E-state index contributed by atoms with van der Waals surface area (Å²) in [7, 11) is 2.10. The number of nitrogens with one attached hydrogen (secondary N) is 1. The van der Waals surface area contributed by atoms with Crippen LogP contribution in [-0.2, 0) is 0 Å². The predicted molar refractivity (Wildman–Crippen MR) is 81.0 cm³/mol. The number of piperazine rings is 1. The number of hydrogen-bond acceptors (Lipinski definition) is 4. The van der Waals surface area contributed by atoms with E-state index < -0.39 is 0 Å². The Hall–Kier alpha value is -1.62. The van der Waals surface area contributed by atoms with Crippen LogP contribution >= 0.6 is 0 Å². The second kappa shape index (κ2) is 6.70. The normalized spacial score (nSPS) is 19.9. The summed E-state index contributed by atoms with van der Waals surface area (Å²) in [5.41, 5.74) is 0.678. The van der Waals surface area contributed by atoms with Gasteiger partial charge in [-0.05, 0) is 32.5 Å². The van der Waals surface area contributed by atoms with E-state index in [4.69, 9.17) is 0 Å². The molecular weight excluding hydrogens is 252 g/mol. The lowest BCUT2D eigenvalue weighted by molar-refractivity contribution is 0.0573. The van der Waals surface area contributed by atoms with Crippen LogP contribution in [0.25, 0.3) is 0 Å². The van der Waals surface area contributed by atoms with Crippen LogP contribution in [0.2, 0.25) is 0 Å². The summed E-state index contributed by atoms with van der Waals surface area (Å²) in [6.45, 7) is 7.55. The van der Waals surface area contributed by atoms with Crippen molar-refractivity contribution >= 4 is 11.7 Å². The maximum absolute atomic E-state index is 12.7. The van der Waals surface area contributed by atoms with Gasteiger partial charge in [0.1, 0.15) is 5.82 Å². The molecule has 1 N–H and O–H groups in total. The zero-order valence-electron chi connectivity index (χ0n) is 12.6. The maximum Gasteiger partial charge on any atom is 0.257 e. The van der Waals surface area contributed by atoms with Crippen molar-refractivity contribution in [1.82, 2.24) is 14.8 Å². The summed E-state index contributed by atoms with van der Waals surface area (Å²) in [5.74, 6) is 0.780. The number of aromatic nitrogens is 1. The van der Waals surface area contributed by atoms with Crippen LogP contribution < -0.4 is 5.32 Å². The van der Waals surface area contributed by atoms with Crippen LogP contribution in [0.4, 0.5) is 5.82 Å². The fraction of sp³-hybridized carbons (Fsp3) is 0.600.